The maximum atomic E-state index is 13.0. The Morgan fingerprint density at radius 3 is 2.53 bits per heavy atom. The SMILES string of the molecule is COc1ccc(-c2nc3n(c2NC(C)(C)C)CCN(C(=O)c2cn[nH]c2C)C3)cc1. The quantitative estimate of drug-likeness (QED) is 0.690. The van der Waals surface area contributed by atoms with Crippen LogP contribution in [-0.2, 0) is 13.1 Å². The smallest absolute Gasteiger partial charge is 0.257 e. The van der Waals surface area contributed by atoms with Crippen molar-refractivity contribution in [2.75, 3.05) is 19.0 Å². The third-order valence-electron chi connectivity index (χ3n) is 5.18. The van der Waals surface area contributed by atoms with Gasteiger partial charge in [0.2, 0.25) is 0 Å². The molecule has 3 heterocycles. The van der Waals surface area contributed by atoms with E-state index in [-0.39, 0.29) is 11.4 Å². The van der Waals surface area contributed by atoms with Gasteiger partial charge >= 0.3 is 0 Å². The predicted molar refractivity (Wildman–Crippen MR) is 116 cm³/mol. The number of hydrogen-bond donors (Lipinski definition) is 2. The van der Waals surface area contributed by atoms with E-state index in [1.807, 2.05) is 36.1 Å². The molecule has 30 heavy (non-hydrogen) atoms. The molecular weight excluding hydrogens is 380 g/mol. The molecule has 8 heteroatoms. The first-order valence-corrected chi connectivity index (χ1v) is 10.1. The number of nitrogens with one attached hydrogen (secondary N) is 2. The van der Waals surface area contributed by atoms with E-state index in [1.54, 1.807) is 13.3 Å². The molecule has 2 N–H and O–H groups in total. The van der Waals surface area contributed by atoms with Crippen LogP contribution in [0.15, 0.2) is 30.5 Å². The van der Waals surface area contributed by atoms with Gasteiger partial charge in [0.1, 0.15) is 23.1 Å². The number of amides is 1. The second kappa shape index (κ2) is 7.51. The number of carbonyl (C=O) groups excluding carboxylic acids is 1. The Kier molecular flexibility index (Phi) is 5.01. The zero-order valence-corrected chi connectivity index (χ0v) is 18.1. The third kappa shape index (κ3) is 3.77. The molecule has 0 atom stereocenters. The number of aromatic amines is 1. The summed E-state index contributed by atoms with van der Waals surface area (Å²) in [6, 6.07) is 7.90. The van der Waals surface area contributed by atoms with Crippen molar-refractivity contribution in [1.82, 2.24) is 24.6 Å². The van der Waals surface area contributed by atoms with Gasteiger partial charge in [-0.1, -0.05) is 0 Å². The van der Waals surface area contributed by atoms with E-state index in [1.165, 1.54) is 0 Å². The summed E-state index contributed by atoms with van der Waals surface area (Å²) in [5, 5.41) is 10.4. The van der Waals surface area contributed by atoms with Gasteiger partial charge in [0.05, 0.1) is 25.4 Å². The summed E-state index contributed by atoms with van der Waals surface area (Å²) in [4.78, 5) is 19.7. The summed E-state index contributed by atoms with van der Waals surface area (Å²) in [6.45, 7) is 10.0. The van der Waals surface area contributed by atoms with Gasteiger partial charge < -0.3 is 19.5 Å². The normalized spacial score (nSPS) is 13.8. The van der Waals surface area contributed by atoms with Crippen molar-refractivity contribution < 1.29 is 9.53 Å². The fourth-order valence-electron chi connectivity index (χ4n) is 3.67. The Morgan fingerprint density at radius 2 is 1.93 bits per heavy atom. The van der Waals surface area contributed by atoms with Gasteiger partial charge in [-0.25, -0.2) is 4.98 Å². The number of anilines is 1. The fraction of sp³-hybridized carbons (Fsp3) is 0.409. The maximum Gasteiger partial charge on any atom is 0.257 e. The van der Waals surface area contributed by atoms with Gasteiger partial charge in [-0.3, -0.25) is 9.89 Å². The van der Waals surface area contributed by atoms with Crippen LogP contribution in [0.1, 0.15) is 42.6 Å². The number of fused-ring (bicyclic) bond motifs is 1. The molecule has 0 aliphatic carbocycles. The summed E-state index contributed by atoms with van der Waals surface area (Å²) in [7, 11) is 1.66. The first kappa shape index (κ1) is 20.0. The van der Waals surface area contributed by atoms with Gasteiger partial charge in [-0.05, 0) is 52.0 Å². The lowest BCUT2D eigenvalue weighted by atomic mass is 10.1. The number of imidazole rings is 1. The topological polar surface area (TPSA) is 88.1 Å². The van der Waals surface area contributed by atoms with E-state index < -0.39 is 0 Å². The van der Waals surface area contributed by atoms with Crippen molar-refractivity contribution in [2.24, 2.45) is 0 Å². The molecule has 0 spiro atoms. The van der Waals surface area contributed by atoms with Crippen LogP contribution in [-0.4, -0.2) is 49.7 Å². The lowest BCUT2D eigenvalue weighted by Gasteiger charge is -2.30. The maximum absolute atomic E-state index is 13.0. The third-order valence-corrected chi connectivity index (χ3v) is 5.18. The highest BCUT2D eigenvalue weighted by atomic mass is 16.5. The number of methoxy groups -OCH3 is 1. The molecule has 8 nitrogen and oxygen atoms in total. The summed E-state index contributed by atoms with van der Waals surface area (Å²) < 4.78 is 7.48. The molecular formula is C22H28N6O2. The number of hydrogen-bond acceptors (Lipinski definition) is 5. The lowest BCUT2D eigenvalue weighted by Crippen LogP contribution is -2.39. The number of ether oxygens (including phenoxy) is 1. The fourth-order valence-corrected chi connectivity index (χ4v) is 3.67. The number of nitrogens with zero attached hydrogens (tertiary/aromatic N) is 4. The van der Waals surface area contributed by atoms with Crippen molar-refractivity contribution in [3.05, 3.63) is 47.5 Å². The molecule has 4 rings (SSSR count). The molecule has 2 aromatic heterocycles. The van der Waals surface area contributed by atoms with E-state index in [0.717, 1.165) is 34.3 Å². The van der Waals surface area contributed by atoms with Gasteiger partial charge in [-0.2, -0.15) is 5.10 Å². The zero-order valence-electron chi connectivity index (χ0n) is 18.1. The van der Waals surface area contributed by atoms with E-state index in [0.29, 0.717) is 25.2 Å². The number of rotatable bonds is 4. The number of carbonyl (C=O) groups is 1. The molecule has 0 bridgehead atoms. The Labute approximate surface area is 176 Å². The minimum atomic E-state index is -0.126. The van der Waals surface area contributed by atoms with Crippen molar-refractivity contribution in [1.29, 1.82) is 0 Å². The average Bonchev–Trinajstić information content (AvgIpc) is 3.29. The summed E-state index contributed by atoms with van der Waals surface area (Å²) in [5.41, 5.74) is 3.16. The van der Waals surface area contributed by atoms with E-state index >= 15 is 0 Å². The van der Waals surface area contributed by atoms with Crippen LogP contribution in [0.5, 0.6) is 5.75 Å². The Balaban J connectivity index is 1.70. The highest BCUT2D eigenvalue weighted by Gasteiger charge is 2.29. The highest BCUT2D eigenvalue weighted by Crippen LogP contribution is 2.34. The molecule has 0 unspecified atom stereocenters. The van der Waals surface area contributed by atoms with Crippen molar-refractivity contribution in [3.63, 3.8) is 0 Å². The molecule has 1 aliphatic heterocycles. The minimum Gasteiger partial charge on any atom is -0.497 e. The van der Waals surface area contributed by atoms with Gasteiger partial charge in [0.15, 0.2) is 0 Å². The Morgan fingerprint density at radius 1 is 1.20 bits per heavy atom. The van der Waals surface area contributed by atoms with Gasteiger partial charge in [0, 0.05) is 29.9 Å². The molecule has 0 fully saturated rings. The first-order valence-electron chi connectivity index (χ1n) is 10.1. The molecule has 0 radical (unpaired) electrons. The lowest BCUT2D eigenvalue weighted by molar-refractivity contribution is 0.0707. The van der Waals surface area contributed by atoms with Crippen LogP contribution in [0.3, 0.4) is 0 Å². The Bertz CT molecular complexity index is 1060. The minimum absolute atomic E-state index is 0.0215. The van der Waals surface area contributed by atoms with Crippen molar-refractivity contribution in [2.45, 2.75) is 46.3 Å². The van der Waals surface area contributed by atoms with E-state index in [9.17, 15) is 4.79 Å². The van der Waals surface area contributed by atoms with Crippen LogP contribution in [0, 0.1) is 6.92 Å². The molecule has 1 aromatic carbocycles. The molecule has 1 amide bonds. The molecule has 1 aliphatic rings. The van der Waals surface area contributed by atoms with Gasteiger partial charge in [0.25, 0.3) is 5.91 Å². The van der Waals surface area contributed by atoms with E-state index in [2.05, 4.69) is 40.9 Å². The van der Waals surface area contributed by atoms with Crippen molar-refractivity contribution in [3.8, 4) is 17.0 Å². The second-order valence-corrected chi connectivity index (χ2v) is 8.62. The molecule has 0 saturated carbocycles. The second-order valence-electron chi connectivity index (χ2n) is 8.62. The van der Waals surface area contributed by atoms with E-state index in [4.69, 9.17) is 9.72 Å². The van der Waals surface area contributed by atoms with Crippen LogP contribution in [0.4, 0.5) is 5.82 Å². The number of benzene rings is 1. The molecule has 0 saturated heterocycles. The van der Waals surface area contributed by atoms with Crippen LogP contribution in [0.2, 0.25) is 0 Å². The average molecular weight is 409 g/mol. The first-order chi connectivity index (χ1) is 14.3. The van der Waals surface area contributed by atoms with Crippen LogP contribution in [0.25, 0.3) is 11.3 Å². The number of aryl methyl sites for hydroxylation is 1. The summed E-state index contributed by atoms with van der Waals surface area (Å²) in [6.07, 6.45) is 1.59. The zero-order chi connectivity index (χ0) is 21.5. The van der Waals surface area contributed by atoms with Crippen LogP contribution < -0.4 is 10.1 Å². The Hall–Kier alpha value is -3.29. The largest absolute Gasteiger partial charge is 0.497 e. The number of H-pyrrole nitrogens is 1. The summed E-state index contributed by atoms with van der Waals surface area (Å²) in [5.74, 6) is 2.63. The summed E-state index contributed by atoms with van der Waals surface area (Å²) >= 11 is 0. The molecule has 3 aromatic rings. The number of aromatic nitrogens is 4. The molecule has 158 valence electrons. The standard InChI is InChI=1S/C22H28N6O2/c1-14-17(12-23-26-14)21(29)27-10-11-28-18(13-27)24-19(20(28)25-22(2,3)4)15-6-8-16(30-5)9-7-15/h6-9,12,25H,10-11,13H2,1-5H3,(H,23,26). The highest BCUT2D eigenvalue weighted by molar-refractivity contribution is 5.95. The van der Waals surface area contributed by atoms with Crippen molar-refractivity contribution >= 4 is 11.7 Å². The van der Waals surface area contributed by atoms with Gasteiger partial charge in [-0.15, -0.1) is 0 Å². The predicted octanol–water partition coefficient (Wildman–Crippen LogP) is 3.46. The monoisotopic (exact) mass is 408 g/mol. The van der Waals surface area contributed by atoms with Crippen LogP contribution >= 0.6 is 0 Å².